The number of benzene rings is 2. The van der Waals surface area contributed by atoms with Crippen LogP contribution in [0.15, 0.2) is 58.3 Å². The molecule has 8 heteroatoms. The van der Waals surface area contributed by atoms with Gasteiger partial charge >= 0.3 is 0 Å². The molecule has 0 atom stereocenters. The number of hydrogen-bond acceptors (Lipinski definition) is 5. The van der Waals surface area contributed by atoms with Crippen LogP contribution in [-0.4, -0.2) is 41.3 Å². The fourth-order valence-corrected chi connectivity index (χ4v) is 4.08. The van der Waals surface area contributed by atoms with Crippen molar-refractivity contribution in [2.24, 2.45) is 0 Å². The number of amides is 3. The van der Waals surface area contributed by atoms with Crippen molar-refractivity contribution in [2.75, 3.05) is 19.3 Å². The molecule has 144 valence electrons. The standard InChI is InChI=1S/C20H17ClN2O3S2/c1-27-14-7-8-16(21)15(12-14)18(24)22-9-10-23-19(25)17(28-20(23)26)11-13-5-3-2-4-6-13/h2-8,11-12H,9-10H2,1H3,(H,22,24). The van der Waals surface area contributed by atoms with Crippen LogP contribution in [0.4, 0.5) is 4.79 Å². The Balaban J connectivity index is 1.60. The minimum absolute atomic E-state index is 0.0996. The number of halogens is 1. The maximum atomic E-state index is 12.5. The smallest absolute Gasteiger partial charge is 0.293 e. The lowest BCUT2D eigenvalue weighted by Gasteiger charge is -2.13. The highest BCUT2D eigenvalue weighted by atomic mass is 35.5. The Morgan fingerprint density at radius 2 is 1.96 bits per heavy atom. The van der Waals surface area contributed by atoms with Crippen molar-refractivity contribution in [1.29, 1.82) is 0 Å². The lowest BCUT2D eigenvalue weighted by atomic mass is 10.2. The number of thioether (sulfide) groups is 2. The second kappa shape index (κ2) is 9.32. The Hall–Kier alpha value is -2.22. The summed E-state index contributed by atoms with van der Waals surface area (Å²) in [7, 11) is 0. The summed E-state index contributed by atoms with van der Waals surface area (Å²) in [5.74, 6) is -0.691. The van der Waals surface area contributed by atoms with E-state index in [0.717, 1.165) is 27.1 Å². The van der Waals surface area contributed by atoms with E-state index in [4.69, 9.17) is 11.6 Å². The molecular formula is C20H17ClN2O3S2. The predicted octanol–water partition coefficient (Wildman–Crippen LogP) is 4.53. The van der Waals surface area contributed by atoms with Crippen molar-refractivity contribution < 1.29 is 14.4 Å². The molecule has 2 aromatic rings. The molecule has 2 aromatic carbocycles. The maximum absolute atomic E-state index is 12.5. The zero-order valence-corrected chi connectivity index (χ0v) is 17.4. The molecule has 1 aliphatic heterocycles. The Bertz CT molecular complexity index is 948. The minimum atomic E-state index is -0.351. The molecule has 1 heterocycles. The van der Waals surface area contributed by atoms with Crippen molar-refractivity contribution in [2.45, 2.75) is 4.90 Å². The fraction of sp³-hybridized carbons (Fsp3) is 0.150. The number of rotatable bonds is 6. The molecule has 3 amide bonds. The number of hydrogen-bond donors (Lipinski definition) is 1. The monoisotopic (exact) mass is 432 g/mol. The zero-order valence-electron chi connectivity index (χ0n) is 15.0. The summed E-state index contributed by atoms with van der Waals surface area (Å²) in [5, 5.41) is 2.73. The number of carbonyl (C=O) groups excluding carboxylic acids is 3. The third kappa shape index (κ3) is 4.79. The molecule has 0 spiro atoms. The summed E-state index contributed by atoms with van der Waals surface area (Å²) >= 11 is 8.51. The first kappa shape index (κ1) is 20.5. The lowest BCUT2D eigenvalue weighted by Crippen LogP contribution is -2.37. The highest BCUT2D eigenvalue weighted by Crippen LogP contribution is 2.31. The first-order valence-electron chi connectivity index (χ1n) is 8.42. The first-order chi connectivity index (χ1) is 13.5. The lowest BCUT2D eigenvalue weighted by molar-refractivity contribution is -0.122. The zero-order chi connectivity index (χ0) is 20.1. The normalized spacial score (nSPS) is 15.4. The Morgan fingerprint density at radius 3 is 2.68 bits per heavy atom. The van der Waals surface area contributed by atoms with E-state index in [1.807, 2.05) is 42.7 Å². The molecule has 0 bridgehead atoms. The van der Waals surface area contributed by atoms with Gasteiger partial charge in [0.25, 0.3) is 17.1 Å². The van der Waals surface area contributed by atoms with Crippen LogP contribution in [0.5, 0.6) is 0 Å². The minimum Gasteiger partial charge on any atom is -0.350 e. The Morgan fingerprint density at radius 1 is 1.21 bits per heavy atom. The highest BCUT2D eigenvalue weighted by molar-refractivity contribution is 8.18. The summed E-state index contributed by atoms with van der Waals surface area (Å²) in [6.07, 6.45) is 3.60. The van der Waals surface area contributed by atoms with E-state index in [-0.39, 0.29) is 30.1 Å². The van der Waals surface area contributed by atoms with Crippen molar-refractivity contribution in [3.05, 3.63) is 69.6 Å². The van der Waals surface area contributed by atoms with Crippen molar-refractivity contribution >= 4 is 58.3 Å². The molecule has 5 nitrogen and oxygen atoms in total. The van der Waals surface area contributed by atoms with E-state index in [1.54, 1.807) is 18.2 Å². The summed E-state index contributed by atoms with van der Waals surface area (Å²) in [6.45, 7) is 0.248. The molecule has 1 saturated heterocycles. The molecule has 0 aromatic heterocycles. The highest BCUT2D eigenvalue weighted by Gasteiger charge is 2.34. The van der Waals surface area contributed by atoms with Crippen LogP contribution in [0.25, 0.3) is 6.08 Å². The number of carbonyl (C=O) groups is 3. The van der Waals surface area contributed by atoms with Crippen LogP contribution in [0.2, 0.25) is 5.02 Å². The van der Waals surface area contributed by atoms with E-state index in [0.29, 0.717) is 15.5 Å². The summed E-state index contributed by atoms with van der Waals surface area (Å²) in [4.78, 5) is 39.4. The summed E-state index contributed by atoms with van der Waals surface area (Å²) < 4.78 is 0. The summed E-state index contributed by atoms with van der Waals surface area (Å²) in [5.41, 5.74) is 1.22. The van der Waals surface area contributed by atoms with Gasteiger partial charge in [0, 0.05) is 18.0 Å². The second-order valence-electron chi connectivity index (χ2n) is 5.85. The van der Waals surface area contributed by atoms with Gasteiger partial charge in [0.2, 0.25) is 0 Å². The van der Waals surface area contributed by atoms with E-state index in [1.165, 1.54) is 11.8 Å². The van der Waals surface area contributed by atoms with E-state index in [9.17, 15) is 14.4 Å². The second-order valence-corrected chi connectivity index (χ2v) is 8.13. The summed E-state index contributed by atoms with van der Waals surface area (Å²) in [6, 6.07) is 14.6. The predicted molar refractivity (Wildman–Crippen MR) is 115 cm³/mol. The van der Waals surface area contributed by atoms with Gasteiger partial charge in [-0.2, -0.15) is 0 Å². The molecule has 0 radical (unpaired) electrons. The average molecular weight is 433 g/mol. The van der Waals surface area contributed by atoms with Crippen molar-refractivity contribution in [1.82, 2.24) is 10.2 Å². The third-order valence-corrected chi connectivity index (χ3v) is 5.97. The molecule has 3 rings (SSSR count). The molecular weight excluding hydrogens is 416 g/mol. The van der Waals surface area contributed by atoms with Gasteiger partial charge in [-0.1, -0.05) is 41.9 Å². The number of nitrogens with zero attached hydrogens (tertiary/aromatic N) is 1. The maximum Gasteiger partial charge on any atom is 0.293 e. The largest absolute Gasteiger partial charge is 0.350 e. The van der Waals surface area contributed by atoms with Crippen LogP contribution in [0, 0.1) is 0 Å². The first-order valence-corrected chi connectivity index (χ1v) is 10.8. The van der Waals surface area contributed by atoms with E-state index in [2.05, 4.69) is 5.32 Å². The average Bonchev–Trinajstić information content (AvgIpc) is 2.96. The van der Waals surface area contributed by atoms with Gasteiger partial charge in [0.1, 0.15) is 0 Å². The number of imide groups is 1. The van der Waals surface area contributed by atoms with Crippen LogP contribution in [-0.2, 0) is 4.79 Å². The number of nitrogens with one attached hydrogen (secondary N) is 1. The van der Waals surface area contributed by atoms with E-state index < -0.39 is 0 Å². The Labute approximate surface area is 176 Å². The van der Waals surface area contributed by atoms with Gasteiger partial charge in [0.15, 0.2) is 0 Å². The molecule has 0 unspecified atom stereocenters. The van der Waals surface area contributed by atoms with Gasteiger partial charge in [-0.3, -0.25) is 19.3 Å². The molecule has 0 saturated carbocycles. The van der Waals surface area contributed by atoms with Gasteiger partial charge in [-0.05, 0) is 47.9 Å². The molecule has 1 fully saturated rings. The third-order valence-electron chi connectivity index (χ3n) is 4.01. The molecule has 28 heavy (non-hydrogen) atoms. The molecule has 0 aliphatic carbocycles. The van der Waals surface area contributed by atoms with Crippen molar-refractivity contribution in [3.63, 3.8) is 0 Å². The Kier molecular flexibility index (Phi) is 6.83. The fourth-order valence-electron chi connectivity index (χ4n) is 2.58. The van der Waals surface area contributed by atoms with E-state index >= 15 is 0 Å². The van der Waals surface area contributed by atoms with Crippen LogP contribution in [0.1, 0.15) is 15.9 Å². The topological polar surface area (TPSA) is 66.5 Å². The van der Waals surface area contributed by atoms with Gasteiger partial charge in [0.05, 0.1) is 15.5 Å². The van der Waals surface area contributed by atoms with Gasteiger partial charge in [-0.15, -0.1) is 11.8 Å². The van der Waals surface area contributed by atoms with Crippen LogP contribution >= 0.6 is 35.1 Å². The molecule has 1 aliphatic rings. The van der Waals surface area contributed by atoms with Crippen molar-refractivity contribution in [3.8, 4) is 0 Å². The SMILES string of the molecule is CSc1ccc(Cl)c(C(=O)NCCN2C(=O)SC(=Cc3ccccc3)C2=O)c1. The quantitative estimate of drug-likeness (QED) is 0.536. The van der Waals surface area contributed by atoms with Crippen LogP contribution in [0.3, 0.4) is 0 Å². The van der Waals surface area contributed by atoms with Gasteiger partial charge in [-0.25, -0.2) is 0 Å². The van der Waals surface area contributed by atoms with Gasteiger partial charge < -0.3 is 5.32 Å². The van der Waals surface area contributed by atoms with Crippen LogP contribution < -0.4 is 5.32 Å². The molecule has 1 N–H and O–H groups in total.